The topological polar surface area (TPSA) is 56.7 Å². The molecule has 1 aliphatic heterocycles. The number of aliphatic imine (C=N–C) groups is 1. The number of nitrogens with one attached hydrogen (secondary N) is 2. The van der Waals surface area contributed by atoms with Crippen LogP contribution >= 0.6 is 24.0 Å². The van der Waals surface area contributed by atoms with Gasteiger partial charge in [0.1, 0.15) is 0 Å². The van der Waals surface area contributed by atoms with E-state index >= 15 is 0 Å². The summed E-state index contributed by atoms with van der Waals surface area (Å²) in [4.78, 5) is 18.8. The van der Waals surface area contributed by atoms with Crippen molar-refractivity contribution in [1.82, 2.24) is 15.5 Å². The van der Waals surface area contributed by atoms with Crippen LogP contribution in [0.2, 0.25) is 0 Å². The van der Waals surface area contributed by atoms with Crippen LogP contribution in [0.1, 0.15) is 65.7 Å². The van der Waals surface area contributed by atoms with Crippen LogP contribution in [0, 0.1) is 17.8 Å². The Bertz CT molecular complexity index is 490. The van der Waals surface area contributed by atoms with Crippen molar-refractivity contribution in [3.63, 3.8) is 0 Å². The highest BCUT2D eigenvalue weighted by Crippen LogP contribution is 2.44. The van der Waals surface area contributed by atoms with Crippen molar-refractivity contribution in [2.24, 2.45) is 22.7 Å². The molecular formula is C20H37IN4O. The zero-order valence-corrected chi connectivity index (χ0v) is 19.0. The lowest BCUT2D eigenvalue weighted by Crippen LogP contribution is -2.46. The summed E-state index contributed by atoms with van der Waals surface area (Å²) in [6.45, 7) is 8.50. The van der Waals surface area contributed by atoms with Crippen molar-refractivity contribution in [2.75, 3.05) is 19.6 Å². The van der Waals surface area contributed by atoms with Gasteiger partial charge < -0.3 is 15.5 Å². The van der Waals surface area contributed by atoms with Gasteiger partial charge in [-0.1, -0.05) is 46.0 Å². The Kier molecular flexibility index (Phi) is 8.48. The summed E-state index contributed by atoms with van der Waals surface area (Å²) in [5.41, 5.74) is 0. The van der Waals surface area contributed by atoms with Crippen molar-refractivity contribution < 1.29 is 4.79 Å². The lowest BCUT2D eigenvalue weighted by Gasteiger charge is -2.23. The van der Waals surface area contributed by atoms with Gasteiger partial charge in [-0.25, -0.2) is 0 Å². The number of hydrogen-bond donors (Lipinski definition) is 2. The number of likely N-dealkylation sites (tertiary alicyclic amines) is 1. The van der Waals surface area contributed by atoms with Crippen LogP contribution in [0.4, 0.5) is 0 Å². The van der Waals surface area contributed by atoms with Gasteiger partial charge in [-0.3, -0.25) is 9.79 Å². The molecule has 3 aliphatic rings. The number of carbonyl (C=O) groups is 1. The van der Waals surface area contributed by atoms with E-state index in [0.717, 1.165) is 43.9 Å². The van der Waals surface area contributed by atoms with E-state index in [9.17, 15) is 4.79 Å². The van der Waals surface area contributed by atoms with Gasteiger partial charge in [0.2, 0.25) is 5.91 Å². The quantitative estimate of drug-likeness (QED) is 0.364. The highest BCUT2D eigenvalue weighted by molar-refractivity contribution is 14.0. The Labute approximate surface area is 176 Å². The van der Waals surface area contributed by atoms with Crippen molar-refractivity contribution in [3.05, 3.63) is 0 Å². The van der Waals surface area contributed by atoms with Gasteiger partial charge in [0.25, 0.3) is 0 Å². The summed E-state index contributed by atoms with van der Waals surface area (Å²) in [5.74, 6) is 3.09. The Morgan fingerprint density at radius 3 is 2.54 bits per heavy atom. The van der Waals surface area contributed by atoms with Gasteiger partial charge in [0, 0.05) is 37.6 Å². The van der Waals surface area contributed by atoms with Crippen LogP contribution < -0.4 is 10.6 Å². The highest BCUT2D eigenvalue weighted by atomic mass is 127. The van der Waals surface area contributed by atoms with E-state index in [-0.39, 0.29) is 35.8 Å². The maximum absolute atomic E-state index is 12.2. The van der Waals surface area contributed by atoms with E-state index in [1.807, 2.05) is 18.7 Å². The predicted molar refractivity (Wildman–Crippen MR) is 118 cm³/mol. The van der Waals surface area contributed by atoms with E-state index in [1.165, 1.54) is 38.5 Å². The molecule has 0 bridgehead atoms. The van der Waals surface area contributed by atoms with Crippen LogP contribution in [0.25, 0.3) is 0 Å². The maximum Gasteiger partial charge on any atom is 0.225 e. The zero-order valence-electron chi connectivity index (χ0n) is 16.7. The molecule has 2 saturated carbocycles. The fourth-order valence-electron chi connectivity index (χ4n) is 4.57. The molecule has 6 heteroatoms. The lowest BCUT2D eigenvalue weighted by atomic mass is 9.85. The van der Waals surface area contributed by atoms with Gasteiger partial charge in [-0.15, -0.1) is 24.0 Å². The fourth-order valence-corrected chi connectivity index (χ4v) is 4.57. The first-order valence-corrected chi connectivity index (χ1v) is 10.4. The SMILES string of the molecule is CCN=C(NC1CCN(C(=O)C(C)C)C1)NC1CC1C1CCCCC1.I. The van der Waals surface area contributed by atoms with Gasteiger partial charge in [-0.05, 0) is 31.6 Å². The second-order valence-electron chi connectivity index (χ2n) is 8.44. The molecule has 0 aromatic heterocycles. The summed E-state index contributed by atoms with van der Waals surface area (Å²) in [6.07, 6.45) is 9.43. The van der Waals surface area contributed by atoms with Crippen molar-refractivity contribution in [1.29, 1.82) is 0 Å². The molecule has 1 amide bonds. The highest BCUT2D eigenvalue weighted by Gasteiger charge is 2.43. The van der Waals surface area contributed by atoms with E-state index in [1.54, 1.807) is 0 Å². The summed E-state index contributed by atoms with van der Waals surface area (Å²) >= 11 is 0. The molecule has 0 radical (unpaired) electrons. The number of hydrogen-bond acceptors (Lipinski definition) is 2. The Morgan fingerprint density at radius 2 is 1.88 bits per heavy atom. The molecule has 0 aromatic rings. The van der Waals surface area contributed by atoms with Crippen LogP contribution in [0.3, 0.4) is 0 Å². The monoisotopic (exact) mass is 476 g/mol. The van der Waals surface area contributed by atoms with Crippen molar-refractivity contribution >= 4 is 35.8 Å². The van der Waals surface area contributed by atoms with Crippen molar-refractivity contribution in [3.8, 4) is 0 Å². The summed E-state index contributed by atoms with van der Waals surface area (Å²) in [5, 5.41) is 7.25. The minimum absolute atomic E-state index is 0. The van der Waals surface area contributed by atoms with Gasteiger partial charge in [0.15, 0.2) is 5.96 Å². The minimum atomic E-state index is 0. The molecule has 1 heterocycles. The van der Waals surface area contributed by atoms with Gasteiger partial charge >= 0.3 is 0 Å². The molecule has 0 aromatic carbocycles. The summed E-state index contributed by atoms with van der Waals surface area (Å²) in [7, 11) is 0. The van der Waals surface area contributed by atoms with E-state index in [4.69, 9.17) is 0 Å². The van der Waals surface area contributed by atoms with E-state index < -0.39 is 0 Å². The maximum atomic E-state index is 12.2. The van der Waals surface area contributed by atoms with E-state index in [2.05, 4.69) is 22.5 Å². The molecule has 3 unspecified atom stereocenters. The Balaban J connectivity index is 0.00000243. The normalized spacial score (nSPS) is 29.5. The molecule has 0 spiro atoms. The number of nitrogens with zero attached hydrogens (tertiary/aromatic N) is 2. The first-order chi connectivity index (χ1) is 12.1. The van der Waals surface area contributed by atoms with Crippen LogP contribution in [0.5, 0.6) is 0 Å². The Morgan fingerprint density at radius 1 is 1.15 bits per heavy atom. The Hall–Kier alpha value is -0.530. The molecule has 1 saturated heterocycles. The zero-order chi connectivity index (χ0) is 17.8. The average Bonchev–Trinajstić information content (AvgIpc) is 3.22. The molecule has 3 rings (SSSR count). The summed E-state index contributed by atoms with van der Waals surface area (Å²) in [6, 6.07) is 0.933. The fraction of sp³-hybridized carbons (Fsp3) is 0.900. The van der Waals surface area contributed by atoms with Gasteiger partial charge in [-0.2, -0.15) is 0 Å². The van der Waals surface area contributed by atoms with Crippen molar-refractivity contribution in [2.45, 2.75) is 77.8 Å². The summed E-state index contributed by atoms with van der Waals surface area (Å²) < 4.78 is 0. The van der Waals surface area contributed by atoms with E-state index in [0.29, 0.717) is 12.1 Å². The molecule has 3 fully saturated rings. The average molecular weight is 476 g/mol. The number of guanidine groups is 1. The molecule has 2 aliphatic carbocycles. The lowest BCUT2D eigenvalue weighted by molar-refractivity contribution is -0.133. The smallest absolute Gasteiger partial charge is 0.225 e. The third-order valence-corrected chi connectivity index (χ3v) is 6.07. The van der Waals surface area contributed by atoms with Crippen LogP contribution in [-0.4, -0.2) is 48.5 Å². The molecular weight excluding hydrogens is 439 g/mol. The first-order valence-electron chi connectivity index (χ1n) is 10.4. The predicted octanol–water partition coefficient (Wildman–Crippen LogP) is 3.39. The third-order valence-electron chi connectivity index (χ3n) is 6.07. The van der Waals surface area contributed by atoms with Gasteiger partial charge in [0.05, 0.1) is 0 Å². The minimum Gasteiger partial charge on any atom is -0.353 e. The number of halogens is 1. The third kappa shape index (κ3) is 5.73. The largest absolute Gasteiger partial charge is 0.353 e. The number of amides is 1. The van der Waals surface area contributed by atoms with Crippen LogP contribution in [-0.2, 0) is 4.79 Å². The number of rotatable bonds is 5. The molecule has 2 N–H and O–H groups in total. The second-order valence-corrected chi connectivity index (χ2v) is 8.44. The molecule has 5 nitrogen and oxygen atoms in total. The van der Waals surface area contributed by atoms with Crippen LogP contribution in [0.15, 0.2) is 4.99 Å². The standard InChI is InChI=1S/C20H36N4O.HI/c1-4-21-20(22-16-10-11-24(13-16)19(25)14(2)3)23-18-12-17(18)15-8-6-5-7-9-15;/h14-18H,4-13H2,1-3H3,(H2,21,22,23);1H. The molecule has 150 valence electrons. The molecule has 26 heavy (non-hydrogen) atoms. The first kappa shape index (κ1) is 21.8. The molecule has 3 atom stereocenters. The second kappa shape index (κ2) is 10.1. The number of carbonyl (C=O) groups excluding carboxylic acids is 1.